The Bertz CT molecular complexity index is 1030. The van der Waals surface area contributed by atoms with Gasteiger partial charge in [-0.3, -0.25) is 10.4 Å². The maximum atomic E-state index is 8.11. The van der Waals surface area contributed by atoms with Crippen LogP contribution in [0.25, 0.3) is 0 Å². The van der Waals surface area contributed by atoms with Crippen LogP contribution < -0.4 is 10.6 Å². The fraction of sp³-hybridized carbons (Fsp3) is 0.367. The zero-order valence-electron chi connectivity index (χ0n) is 21.4. The highest BCUT2D eigenvalue weighted by Gasteiger charge is 2.14. The summed E-state index contributed by atoms with van der Waals surface area (Å²) in [6.07, 6.45) is 11.5. The zero-order valence-corrected chi connectivity index (χ0v) is 21.4. The molecule has 35 heavy (non-hydrogen) atoms. The molecule has 0 radical (unpaired) electrons. The number of nitrogens with zero attached hydrogens (tertiary/aromatic N) is 3. The third-order valence-corrected chi connectivity index (χ3v) is 6.06. The number of hydrogen-bond acceptors (Lipinski definition) is 3. The molecule has 1 aromatic heterocycles. The molecule has 3 rings (SSSR count). The molecule has 0 amide bonds. The quantitative estimate of drug-likeness (QED) is 0.162. The van der Waals surface area contributed by atoms with E-state index in [0.29, 0.717) is 11.5 Å². The highest BCUT2D eigenvalue weighted by atomic mass is 15.1. The summed E-state index contributed by atoms with van der Waals surface area (Å²) in [5.74, 6) is 0.413. The monoisotopic (exact) mass is 469 g/mol. The Hall–Kier alpha value is -3.47. The lowest BCUT2D eigenvalue weighted by Gasteiger charge is -2.25. The van der Waals surface area contributed by atoms with Crippen LogP contribution in [0.1, 0.15) is 76.1 Å². The van der Waals surface area contributed by atoms with Gasteiger partial charge in [-0.15, -0.1) is 0 Å². The Labute approximate surface area is 210 Å². The van der Waals surface area contributed by atoms with Gasteiger partial charge < -0.3 is 10.6 Å². The minimum absolute atomic E-state index is 0.0657. The van der Waals surface area contributed by atoms with Gasteiger partial charge in [0.1, 0.15) is 5.69 Å². The molecule has 0 saturated heterocycles. The highest BCUT2D eigenvalue weighted by Crippen LogP contribution is 2.34. The molecule has 5 nitrogen and oxygen atoms in total. The number of aromatic nitrogens is 1. The number of unbranched alkanes of at least 4 members (excludes halogenated alkanes) is 4. The molecule has 0 aliphatic heterocycles. The molecule has 1 heterocycles. The maximum Gasteiger partial charge on any atom is 0.172 e. The lowest BCUT2D eigenvalue weighted by molar-refractivity contribution is 0.717. The number of amidine groups is 2. The minimum Gasteiger partial charge on any atom is -0.387 e. The van der Waals surface area contributed by atoms with Crippen molar-refractivity contribution in [3.8, 4) is 0 Å². The fourth-order valence-corrected chi connectivity index (χ4v) is 4.12. The van der Waals surface area contributed by atoms with Gasteiger partial charge in [-0.05, 0) is 80.1 Å². The van der Waals surface area contributed by atoms with Crippen molar-refractivity contribution < 1.29 is 0 Å². The second kappa shape index (κ2) is 13.4. The highest BCUT2D eigenvalue weighted by molar-refractivity contribution is 6.02. The van der Waals surface area contributed by atoms with Gasteiger partial charge in [-0.1, -0.05) is 63.8 Å². The second-order valence-corrected chi connectivity index (χ2v) is 9.09. The summed E-state index contributed by atoms with van der Waals surface area (Å²) in [5.41, 5.74) is 12.0. The largest absolute Gasteiger partial charge is 0.387 e. The van der Waals surface area contributed by atoms with E-state index in [0.717, 1.165) is 29.9 Å². The standard InChI is InChI=1S/C30H39N5/c1-4-6-8-10-24-12-16-26(17-13-24)35(27-18-14-25(15-19-27)11-9-7-5-2)28-20-21-29(33-22-28)30(32)34-23(3)31/h12-22H,4-11H2,1-3H3,(H3,31,32,34). The van der Waals surface area contributed by atoms with Gasteiger partial charge in [0.05, 0.1) is 17.7 Å². The molecule has 3 N–H and O–H groups in total. The van der Waals surface area contributed by atoms with Crippen molar-refractivity contribution in [1.29, 1.82) is 5.41 Å². The van der Waals surface area contributed by atoms with Gasteiger partial charge in [-0.2, -0.15) is 0 Å². The van der Waals surface area contributed by atoms with Crippen LogP contribution in [0.4, 0.5) is 17.1 Å². The lowest BCUT2D eigenvalue weighted by atomic mass is 10.1. The molecule has 184 valence electrons. The predicted molar refractivity (Wildman–Crippen MR) is 150 cm³/mol. The molecule has 0 saturated carbocycles. The first-order valence-corrected chi connectivity index (χ1v) is 12.9. The molecule has 0 atom stereocenters. The number of nitrogens with two attached hydrogens (primary N) is 1. The van der Waals surface area contributed by atoms with E-state index in [4.69, 9.17) is 11.1 Å². The van der Waals surface area contributed by atoms with Gasteiger partial charge in [0.15, 0.2) is 5.84 Å². The minimum atomic E-state index is 0.0657. The second-order valence-electron chi connectivity index (χ2n) is 9.09. The summed E-state index contributed by atoms with van der Waals surface area (Å²) in [6, 6.07) is 21.5. The van der Waals surface area contributed by atoms with Gasteiger partial charge in [-0.25, -0.2) is 4.99 Å². The summed E-state index contributed by atoms with van der Waals surface area (Å²) >= 11 is 0. The topological polar surface area (TPSA) is 78.4 Å². The molecular weight excluding hydrogens is 430 g/mol. The van der Waals surface area contributed by atoms with Gasteiger partial charge in [0, 0.05) is 11.4 Å². The number of benzene rings is 2. The Morgan fingerprint density at radius 1 is 0.771 bits per heavy atom. The van der Waals surface area contributed by atoms with E-state index in [1.807, 2.05) is 12.1 Å². The molecule has 0 unspecified atom stereocenters. The van der Waals surface area contributed by atoms with Crippen LogP contribution in [0.2, 0.25) is 0 Å². The van der Waals surface area contributed by atoms with E-state index < -0.39 is 0 Å². The molecule has 0 fully saturated rings. The van der Waals surface area contributed by atoms with Gasteiger partial charge in [0.2, 0.25) is 0 Å². The molecule has 5 heteroatoms. The number of aliphatic imine (C=N–C) groups is 1. The Balaban J connectivity index is 1.90. The van der Waals surface area contributed by atoms with E-state index in [1.54, 1.807) is 13.1 Å². The van der Waals surface area contributed by atoms with Crippen LogP contribution in [-0.2, 0) is 12.8 Å². The fourth-order valence-electron chi connectivity index (χ4n) is 4.12. The number of rotatable bonds is 12. The Kier molecular flexibility index (Phi) is 10.0. The van der Waals surface area contributed by atoms with E-state index >= 15 is 0 Å². The van der Waals surface area contributed by atoms with Crippen molar-refractivity contribution in [3.63, 3.8) is 0 Å². The van der Waals surface area contributed by atoms with E-state index in [2.05, 4.69) is 77.3 Å². The van der Waals surface area contributed by atoms with E-state index in [-0.39, 0.29) is 5.84 Å². The number of hydrogen-bond donors (Lipinski definition) is 2. The van der Waals surface area contributed by atoms with Crippen molar-refractivity contribution in [1.82, 2.24) is 4.98 Å². The third kappa shape index (κ3) is 7.78. The van der Waals surface area contributed by atoms with Crippen LogP contribution in [0, 0.1) is 5.41 Å². The van der Waals surface area contributed by atoms with Crippen LogP contribution in [0.3, 0.4) is 0 Å². The summed E-state index contributed by atoms with van der Waals surface area (Å²) in [5, 5.41) is 8.11. The van der Waals surface area contributed by atoms with Crippen molar-refractivity contribution in [3.05, 3.63) is 83.7 Å². The summed E-state index contributed by atoms with van der Waals surface area (Å²) in [4.78, 5) is 10.7. The number of aryl methyl sites for hydroxylation is 2. The van der Waals surface area contributed by atoms with Gasteiger partial charge in [0.25, 0.3) is 0 Å². The SMILES string of the molecule is CCCCCc1ccc(N(c2ccc(CCCCC)cc2)c2ccc(C(=N)N=C(C)N)nc2)cc1. The van der Waals surface area contributed by atoms with Crippen molar-refractivity contribution in [2.75, 3.05) is 4.90 Å². The van der Waals surface area contributed by atoms with E-state index in [9.17, 15) is 0 Å². The number of nitrogens with one attached hydrogen (secondary N) is 1. The zero-order chi connectivity index (χ0) is 25.0. The average molecular weight is 470 g/mol. The maximum absolute atomic E-state index is 8.11. The number of anilines is 3. The third-order valence-electron chi connectivity index (χ3n) is 6.06. The normalized spacial score (nSPS) is 11.5. The Morgan fingerprint density at radius 3 is 1.66 bits per heavy atom. The molecular formula is C30H39N5. The molecule has 0 bridgehead atoms. The molecule has 0 spiro atoms. The Morgan fingerprint density at radius 2 is 1.26 bits per heavy atom. The summed E-state index contributed by atoms with van der Waals surface area (Å²) < 4.78 is 0. The van der Waals surface area contributed by atoms with Crippen molar-refractivity contribution >= 4 is 28.7 Å². The lowest BCUT2D eigenvalue weighted by Crippen LogP contribution is -2.12. The number of pyridine rings is 1. The average Bonchev–Trinajstić information content (AvgIpc) is 2.86. The molecule has 0 aliphatic rings. The van der Waals surface area contributed by atoms with Gasteiger partial charge >= 0.3 is 0 Å². The molecule has 2 aromatic carbocycles. The van der Waals surface area contributed by atoms with E-state index in [1.165, 1.54) is 49.7 Å². The van der Waals surface area contributed by atoms with Crippen LogP contribution in [-0.4, -0.2) is 16.7 Å². The summed E-state index contributed by atoms with van der Waals surface area (Å²) in [7, 11) is 0. The molecule has 0 aliphatic carbocycles. The van der Waals surface area contributed by atoms with Crippen LogP contribution in [0.15, 0.2) is 71.9 Å². The first kappa shape index (κ1) is 26.1. The van der Waals surface area contributed by atoms with Crippen molar-refractivity contribution in [2.24, 2.45) is 10.7 Å². The predicted octanol–water partition coefficient (Wildman–Crippen LogP) is 7.72. The molecule has 3 aromatic rings. The van der Waals surface area contributed by atoms with Crippen molar-refractivity contribution in [2.45, 2.75) is 72.1 Å². The van der Waals surface area contributed by atoms with Crippen LogP contribution >= 0.6 is 0 Å². The van der Waals surface area contributed by atoms with Crippen LogP contribution in [0.5, 0.6) is 0 Å². The first-order valence-electron chi connectivity index (χ1n) is 12.9. The first-order chi connectivity index (χ1) is 17.0. The smallest absolute Gasteiger partial charge is 0.172 e. The summed E-state index contributed by atoms with van der Waals surface area (Å²) in [6.45, 7) is 6.14.